The molecule has 192 valence electrons. The Bertz CT molecular complexity index is 1420. The maximum Gasteiger partial charge on any atom is 0.335 e. The van der Waals surface area contributed by atoms with Crippen molar-refractivity contribution in [2.24, 2.45) is 0 Å². The predicted molar refractivity (Wildman–Crippen MR) is 138 cm³/mol. The van der Waals surface area contributed by atoms with E-state index < -0.39 is 11.8 Å². The van der Waals surface area contributed by atoms with Crippen LogP contribution in [0.1, 0.15) is 65.7 Å². The van der Waals surface area contributed by atoms with Crippen LogP contribution in [0.15, 0.2) is 60.7 Å². The van der Waals surface area contributed by atoms with Gasteiger partial charge in [-0.25, -0.2) is 13.9 Å². The number of aromatic nitrogens is 3. The highest BCUT2D eigenvalue weighted by molar-refractivity contribution is 6.32. The number of para-hydroxylation sites is 1. The van der Waals surface area contributed by atoms with Gasteiger partial charge in [-0.1, -0.05) is 48.9 Å². The molecule has 1 unspecified atom stereocenters. The minimum atomic E-state index is -1.01. The summed E-state index contributed by atoms with van der Waals surface area (Å²) in [5, 5.41) is 17.8. The lowest BCUT2D eigenvalue weighted by atomic mass is 10.0. The molecule has 1 atom stereocenters. The van der Waals surface area contributed by atoms with E-state index in [1.807, 2.05) is 45.9 Å². The number of aryl methyl sites for hydroxylation is 1. The van der Waals surface area contributed by atoms with Crippen LogP contribution in [0, 0.1) is 12.7 Å². The van der Waals surface area contributed by atoms with E-state index in [0.717, 1.165) is 11.1 Å². The van der Waals surface area contributed by atoms with Gasteiger partial charge in [-0.15, -0.1) is 5.10 Å². The number of aromatic carboxylic acids is 1. The highest BCUT2D eigenvalue weighted by Gasteiger charge is 2.22. The highest BCUT2D eigenvalue weighted by Crippen LogP contribution is 2.30. The highest BCUT2D eigenvalue weighted by atomic mass is 35.5. The number of benzene rings is 3. The number of ether oxygens (including phenoxy) is 2. The molecule has 0 aliphatic rings. The minimum Gasteiger partial charge on any atom is -0.487 e. The van der Waals surface area contributed by atoms with E-state index in [9.17, 15) is 14.3 Å². The van der Waals surface area contributed by atoms with Crippen LogP contribution in [-0.4, -0.2) is 26.1 Å². The molecule has 4 aromatic rings. The number of carboxylic acids is 1. The van der Waals surface area contributed by atoms with E-state index in [2.05, 4.69) is 10.3 Å². The summed E-state index contributed by atoms with van der Waals surface area (Å²) in [6.45, 7) is 7.91. The lowest BCUT2D eigenvalue weighted by Gasteiger charge is -2.18. The summed E-state index contributed by atoms with van der Waals surface area (Å²) in [4.78, 5) is 11.2. The Morgan fingerprint density at radius 3 is 2.51 bits per heavy atom. The van der Waals surface area contributed by atoms with E-state index in [0.29, 0.717) is 22.9 Å². The summed E-state index contributed by atoms with van der Waals surface area (Å²) >= 11 is 6.28. The van der Waals surface area contributed by atoms with Crippen LogP contribution >= 0.6 is 11.6 Å². The molecule has 37 heavy (non-hydrogen) atoms. The molecule has 1 aromatic heterocycles. The molecule has 4 rings (SSSR count). The van der Waals surface area contributed by atoms with Gasteiger partial charge in [0.2, 0.25) is 0 Å². The number of hydrogen-bond acceptors (Lipinski definition) is 5. The average Bonchev–Trinajstić information content (AvgIpc) is 3.26. The molecule has 1 heterocycles. The molecule has 9 heteroatoms. The third-order valence-electron chi connectivity index (χ3n) is 5.94. The zero-order chi connectivity index (χ0) is 26.7. The molecule has 0 aliphatic carbocycles. The fraction of sp³-hybridized carbons (Fsp3) is 0.250. The van der Waals surface area contributed by atoms with Gasteiger partial charge in [-0.05, 0) is 73.4 Å². The number of halogens is 2. The normalized spacial score (nSPS) is 12.0. The molecule has 0 bridgehead atoms. The molecule has 3 aromatic carbocycles. The summed E-state index contributed by atoms with van der Waals surface area (Å²) in [7, 11) is 0. The first-order valence-corrected chi connectivity index (χ1v) is 12.2. The van der Waals surface area contributed by atoms with Crippen LogP contribution in [0.25, 0.3) is 5.69 Å². The van der Waals surface area contributed by atoms with E-state index in [1.165, 1.54) is 28.9 Å². The quantitative estimate of drug-likeness (QED) is 0.256. The van der Waals surface area contributed by atoms with Crippen molar-refractivity contribution in [2.75, 3.05) is 0 Å². The van der Waals surface area contributed by atoms with Gasteiger partial charge in [0.15, 0.2) is 0 Å². The molecule has 0 fully saturated rings. The molecule has 0 saturated heterocycles. The minimum absolute atomic E-state index is 0.0413. The van der Waals surface area contributed by atoms with Crippen molar-refractivity contribution in [3.05, 3.63) is 99.6 Å². The molecular weight excluding hydrogens is 497 g/mol. The van der Waals surface area contributed by atoms with Crippen LogP contribution in [0.4, 0.5) is 4.39 Å². The molecule has 0 saturated carbocycles. The third kappa shape index (κ3) is 5.75. The van der Waals surface area contributed by atoms with Gasteiger partial charge >= 0.3 is 5.97 Å². The Hall–Kier alpha value is -3.91. The molecule has 0 amide bonds. The zero-order valence-corrected chi connectivity index (χ0v) is 21.7. The van der Waals surface area contributed by atoms with Crippen molar-refractivity contribution in [2.45, 2.75) is 46.3 Å². The van der Waals surface area contributed by atoms with Crippen molar-refractivity contribution >= 4 is 17.6 Å². The Balaban J connectivity index is 1.54. The van der Waals surface area contributed by atoms with E-state index in [-0.39, 0.29) is 34.9 Å². The van der Waals surface area contributed by atoms with E-state index in [1.54, 1.807) is 18.2 Å². The van der Waals surface area contributed by atoms with Gasteiger partial charge in [0.25, 0.3) is 0 Å². The van der Waals surface area contributed by atoms with Crippen LogP contribution in [0.5, 0.6) is 11.5 Å². The van der Waals surface area contributed by atoms with E-state index in [4.69, 9.17) is 21.1 Å². The Morgan fingerprint density at radius 1 is 1.08 bits per heavy atom. The lowest BCUT2D eigenvalue weighted by Crippen LogP contribution is -2.10. The molecule has 0 aliphatic heterocycles. The second-order valence-corrected chi connectivity index (χ2v) is 9.37. The number of hydrogen-bond donors (Lipinski definition) is 1. The first-order valence-electron chi connectivity index (χ1n) is 11.8. The van der Waals surface area contributed by atoms with E-state index >= 15 is 0 Å². The summed E-state index contributed by atoms with van der Waals surface area (Å²) in [6.07, 6.45) is -0.320. The van der Waals surface area contributed by atoms with Gasteiger partial charge in [0.05, 0.1) is 16.3 Å². The van der Waals surface area contributed by atoms with Crippen molar-refractivity contribution in [1.82, 2.24) is 15.0 Å². The number of rotatable bonds is 9. The standard InChI is InChI=1S/C28H27ClFN3O4/c1-16(2)26-25(33(32-31-26)27-23(29)9-6-10-24(27)30)15-36-20-11-12-22(17(3)13-20)18(4)37-21-8-5-7-19(14-21)28(34)35/h5-14,16,18H,15H2,1-4H3,(H,34,35). The smallest absolute Gasteiger partial charge is 0.335 e. The Morgan fingerprint density at radius 2 is 1.84 bits per heavy atom. The topological polar surface area (TPSA) is 86.5 Å². The van der Waals surface area contributed by atoms with Gasteiger partial charge in [0.1, 0.15) is 41.4 Å². The fourth-order valence-corrected chi connectivity index (χ4v) is 4.33. The molecule has 0 spiro atoms. The van der Waals surface area contributed by atoms with Gasteiger partial charge in [-0.3, -0.25) is 0 Å². The third-order valence-corrected chi connectivity index (χ3v) is 6.24. The second kappa shape index (κ2) is 11.0. The average molecular weight is 524 g/mol. The maximum absolute atomic E-state index is 14.6. The first kappa shape index (κ1) is 26.2. The van der Waals surface area contributed by atoms with Crippen LogP contribution in [-0.2, 0) is 6.61 Å². The fourth-order valence-electron chi connectivity index (χ4n) is 4.08. The molecular formula is C28H27ClFN3O4. The summed E-state index contributed by atoms with van der Waals surface area (Å²) in [5.41, 5.74) is 3.47. The lowest BCUT2D eigenvalue weighted by molar-refractivity contribution is 0.0696. The monoisotopic (exact) mass is 523 g/mol. The van der Waals surface area contributed by atoms with Crippen molar-refractivity contribution < 1.29 is 23.8 Å². The van der Waals surface area contributed by atoms with Crippen LogP contribution in [0.3, 0.4) is 0 Å². The molecule has 7 nitrogen and oxygen atoms in total. The predicted octanol–water partition coefficient (Wildman–Crippen LogP) is 6.91. The zero-order valence-electron chi connectivity index (χ0n) is 20.9. The summed E-state index contributed by atoms with van der Waals surface area (Å²) in [5.74, 6) is -0.383. The first-order chi connectivity index (χ1) is 17.7. The van der Waals surface area contributed by atoms with Crippen molar-refractivity contribution in [3.63, 3.8) is 0 Å². The van der Waals surface area contributed by atoms with Crippen molar-refractivity contribution in [3.8, 4) is 17.2 Å². The molecule has 0 radical (unpaired) electrons. The molecule has 1 N–H and O–H groups in total. The van der Waals surface area contributed by atoms with Gasteiger partial charge < -0.3 is 14.6 Å². The summed E-state index contributed by atoms with van der Waals surface area (Å²) < 4.78 is 28.1. The van der Waals surface area contributed by atoms with Crippen LogP contribution < -0.4 is 9.47 Å². The number of nitrogens with zero attached hydrogens (tertiary/aromatic N) is 3. The van der Waals surface area contributed by atoms with Crippen LogP contribution in [0.2, 0.25) is 5.02 Å². The maximum atomic E-state index is 14.6. The van der Waals surface area contributed by atoms with Gasteiger partial charge in [-0.2, -0.15) is 0 Å². The Labute approximate surface area is 219 Å². The largest absolute Gasteiger partial charge is 0.487 e. The number of carbonyl (C=O) groups is 1. The Kier molecular flexibility index (Phi) is 7.78. The van der Waals surface area contributed by atoms with Crippen molar-refractivity contribution in [1.29, 1.82) is 0 Å². The second-order valence-electron chi connectivity index (χ2n) is 8.96. The SMILES string of the molecule is Cc1cc(OCc2c(C(C)C)nnn2-c2c(F)cccc2Cl)ccc1C(C)Oc1cccc(C(=O)O)c1. The summed E-state index contributed by atoms with van der Waals surface area (Å²) in [6, 6.07) is 16.5. The van der Waals surface area contributed by atoms with Gasteiger partial charge in [0, 0.05) is 0 Å². The number of carboxylic acid groups (broad SMARTS) is 1.